The number of nitro groups is 1. The Hall–Kier alpha value is -2.13. The number of carbonyl (C=O) groups is 1. The minimum Gasteiger partial charge on any atom is -0.340 e. The third kappa shape index (κ3) is 3.66. The van der Waals surface area contributed by atoms with E-state index in [4.69, 9.17) is 16.9 Å². The number of hydrogen-bond donors (Lipinski definition) is 0. The average Bonchev–Trinajstić information content (AvgIpc) is 2.37. The first-order chi connectivity index (χ1) is 8.86. The topological polar surface area (TPSA) is 87.2 Å². The van der Waals surface area contributed by atoms with Gasteiger partial charge >= 0.3 is 0 Å². The zero-order valence-electron chi connectivity index (χ0n) is 10.5. The van der Waals surface area contributed by atoms with E-state index >= 15 is 0 Å². The van der Waals surface area contributed by atoms with Gasteiger partial charge in [0.25, 0.3) is 11.6 Å². The molecule has 1 aromatic carbocycles. The first-order valence-corrected chi connectivity index (χ1v) is 5.83. The summed E-state index contributed by atoms with van der Waals surface area (Å²) < 4.78 is 0. The molecule has 0 saturated carbocycles. The first-order valence-electron chi connectivity index (χ1n) is 5.45. The Kier molecular flexibility index (Phi) is 4.84. The van der Waals surface area contributed by atoms with Gasteiger partial charge in [0.15, 0.2) is 0 Å². The molecule has 0 aromatic heterocycles. The van der Waals surface area contributed by atoms with Crippen LogP contribution in [0.15, 0.2) is 18.2 Å². The second-order valence-electron chi connectivity index (χ2n) is 4.14. The van der Waals surface area contributed by atoms with Crippen molar-refractivity contribution >= 4 is 23.2 Å². The highest BCUT2D eigenvalue weighted by molar-refractivity contribution is 6.33. The summed E-state index contributed by atoms with van der Waals surface area (Å²) >= 11 is 5.88. The number of amides is 1. The van der Waals surface area contributed by atoms with Gasteiger partial charge in [0, 0.05) is 25.7 Å². The molecule has 19 heavy (non-hydrogen) atoms. The van der Waals surface area contributed by atoms with Crippen molar-refractivity contribution < 1.29 is 9.72 Å². The van der Waals surface area contributed by atoms with Gasteiger partial charge in [-0.3, -0.25) is 14.9 Å². The summed E-state index contributed by atoms with van der Waals surface area (Å²) in [7, 11) is 1.52. The number of nitrogens with zero attached hydrogens (tertiary/aromatic N) is 3. The fourth-order valence-electron chi connectivity index (χ4n) is 1.53. The van der Waals surface area contributed by atoms with Crippen molar-refractivity contribution in [1.82, 2.24) is 4.90 Å². The molecule has 1 unspecified atom stereocenters. The molecule has 0 radical (unpaired) electrons. The molecule has 0 aliphatic rings. The lowest BCUT2D eigenvalue weighted by atomic mass is 10.1. The van der Waals surface area contributed by atoms with E-state index in [9.17, 15) is 14.9 Å². The Bertz CT molecular complexity index is 554. The van der Waals surface area contributed by atoms with E-state index in [1.165, 1.54) is 24.1 Å². The van der Waals surface area contributed by atoms with Crippen molar-refractivity contribution in [2.75, 3.05) is 13.6 Å². The maximum atomic E-state index is 12.1. The van der Waals surface area contributed by atoms with Crippen molar-refractivity contribution in [2.24, 2.45) is 5.92 Å². The van der Waals surface area contributed by atoms with Gasteiger partial charge in [-0.1, -0.05) is 11.6 Å². The number of non-ortho nitro benzene ring substituents is 1. The number of benzene rings is 1. The first kappa shape index (κ1) is 14.9. The molecule has 0 spiro atoms. The highest BCUT2D eigenvalue weighted by Crippen LogP contribution is 2.23. The molecule has 0 saturated heterocycles. The fraction of sp³-hybridized carbons (Fsp3) is 0.333. The summed E-state index contributed by atoms with van der Waals surface area (Å²) in [4.78, 5) is 23.5. The molecule has 6 nitrogen and oxygen atoms in total. The molecule has 1 atom stereocenters. The quantitative estimate of drug-likeness (QED) is 0.626. The van der Waals surface area contributed by atoms with Gasteiger partial charge in [-0.25, -0.2) is 0 Å². The average molecular weight is 282 g/mol. The number of rotatable bonds is 4. The minimum atomic E-state index is -0.592. The lowest BCUT2D eigenvalue weighted by molar-refractivity contribution is -0.384. The molecule has 1 amide bonds. The van der Waals surface area contributed by atoms with Crippen LogP contribution in [0.2, 0.25) is 5.02 Å². The Morgan fingerprint density at radius 3 is 2.79 bits per heavy atom. The maximum Gasteiger partial charge on any atom is 0.270 e. The molecule has 1 rings (SSSR count). The second kappa shape index (κ2) is 6.16. The van der Waals surface area contributed by atoms with Crippen LogP contribution in [0, 0.1) is 27.4 Å². The summed E-state index contributed by atoms with van der Waals surface area (Å²) in [6.45, 7) is 1.91. The largest absolute Gasteiger partial charge is 0.340 e. The normalized spacial score (nSPS) is 11.5. The number of hydrogen-bond acceptors (Lipinski definition) is 4. The minimum absolute atomic E-state index is 0.0588. The van der Waals surface area contributed by atoms with Gasteiger partial charge in [-0.05, 0) is 13.0 Å². The summed E-state index contributed by atoms with van der Waals surface area (Å²) in [6.07, 6.45) is 0. The van der Waals surface area contributed by atoms with E-state index in [1.54, 1.807) is 6.92 Å². The van der Waals surface area contributed by atoms with E-state index in [-0.39, 0.29) is 28.7 Å². The van der Waals surface area contributed by atoms with E-state index in [0.717, 1.165) is 6.07 Å². The summed E-state index contributed by atoms with van der Waals surface area (Å²) in [5, 5.41) is 19.5. The van der Waals surface area contributed by atoms with Crippen LogP contribution in [0.25, 0.3) is 0 Å². The lowest BCUT2D eigenvalue weighted by Crippen LogP contribution is -2.30. The highest BCUT2D eigenvalue weighted by atomic mass is 35.5. The molecule has 0 aliphatic carbocycles. The van der Waals surface area contributed by atoms with Crippen molar-refractivity contribution in [3.8, 4) is 6.07 Å². The molecule has 0 fully saturated rings. The standard InChI is InChI=1S/C12H12ClN3O3/c1-8(6-14)7-15(2)12(17)10-5-9(16(18)19)3-4-11(10)13/h3-5,8H,7H2,1-2H3. The van der Waals surface area contributed by atoms with E-state index in [1.807, 2.05) is 6.07 Å². The Morgan fingerprint density at radius 2 is 2.26 bits per heavy atom. The Labute approximate surface area is 115 Å². The second-order valence-corrected chi connectivity index (χ2v) is 4.54. The fourth-order valence-corrected chi connectivity index (χ4v) is 1.73. The van der Waals surface area contributed by atoms with Crippen molar-refractivity contribution in [2.45, 2.75) is 6.92 Å². The van der Waals surface area contributed by atoms with Crippen LogP contribution in [0.1, 0.15) is 17.3 Å². The van der Waals surface area contributed by atoms with Crippen LogP contribution in [-0.4, -0.2) is 29.3 Å². The Morgan fingerprint density at radius 1 is 1.63 bits per heavy atom. The lowest BCUT2D eigenvalue weighted by Gasteiger charge is -2.18. The molecule has 0 heterocycles. The van der Waals surface area contributed by atoms with E-state index in [2.05, 4.69) is 0 Å². The molecular weight excluding hydrogens is 270 g/mol. The maximum absolute atomic E-state index is 12.1. The van der Waals surface area contributed by atoms with Gasteiger partial charge < -0.3 is 4.90 Å². The smallest absolute Gasteiger partial charge is 0.270 e. The van der Waals surface area contributed by atoms with Crippen LogP contribution < -0.4 is 0 Å². The number of nitriles is 1. The van der Waals surface area contributed by atoms with Crippen molar-refractivity contribution in [3.63, 3.8) is 0 Å². The Balaban J connectivity index is 3.02. The third-order valence-electron chi connectivity index (χ3n) is 2.51. The van der Waals surface area contributed by atoms with Gasteiger partial charge in [0.2, 0.25) is 0 Å². The van der Waals surface area contributed by atoms with E-state index < -0.39 is 10.8 Å². The number of carbonyl (C=O) groups excluding carboxylic acids is 1. The third-order valence-corrected chi connectivity index (χ3v) is 2.84. The molecule has 0 aliphatic heterocycles. The van der Waals surface area contributed by atoms with Crippen LogP contribution in [0.3, 0.4) is 0 Å². The summed E-state index contributed by atoms with van der Waals surface area (Å²) in [5.41, 5.74) is -0.141. The van der Waals surface area contributed by atoms with Gasteiger partial charge in [-0.2, -0.15) is 5.26 Å². The van der Waals surface area contributed by atoms with Crippen LogP contribution in [0.4, 0.5) is 5.69 Å². The molecule has 100 valence electrons. The molecule has 0 N–H and O–H groups in total. The van der Waals surface area contributed by atoms with Gasteiger partial charge in [0.05, 0.1) is 27.5 Å². The van der Waals surface area contributed by atoms with Crippen molar-refractivity contribution in [3.05, 3.63) is 38.9 Å². The number of nitro benzene ring substituents is 1. The van der Waals surface area contributed by atoms with Crippen LogP contribution in [-0.2, 0) is 0 Å². The van der Waals surface area contributed by atoms with Crippen LogP contribution >= 0.6 is 11.6 Å². The summed E-state index contributed by atoms with van der Waals surface area (Å²) in [5.74, 6) is -0.776. The summed E-state index contributed by atoms with van der Waals surface area (Å²) in [6, 6.07) is 5.70. The van der Waals surface area contributed by atoms with Gasteiger partial charge in [0.1, 0.15) is 0 Å². The molecular formula is C12H12ClN3O3. The van der Waals surface area contributed by atoms with E-state index in [0.29, 0.717) is 0 Å². The monoisotopic (exact) mass is 281 g/mol. The molecule has 0 bridgehead atoms. The SMILES string of the molecule is CC(C#N)CN(C)C(=O)c1cc([N+](=O)[O-])ccc1Cl. The zero-order valence-corrected chi connectivity index (χ0v) is 11.2. The zero-order chi connectivity index (χ0) is 14.6. The van der Waals surface area contributed by atoms with Crippen molar-refractivity contribution in [1.29, 1.82) is 5.26 Å². The van der Waals surface area contributed by atoms with Crippen LogP contribution in [0.5, 0.6) is 0 Å². The van der Waals surface area contributed by atoms with Gasteiger partial charge in [-0.15, -0.1) is 0 Å². The highest BCUT2D eigenvalue weighted by Gasteiger charge is 2.20. The predicted octanol–water partition coefficient (Wildman–Crippen LogP) is 2.48. The number of halogens is 1. The predicted molar refractivity (Wildman–Crippen MR) is 69.8 cm³/mol. The molecule has 1 aromatic rings. The molecule has 7 heteroatoms.